The molecule has 0 aromatic heterocycles. The van der Waals surface area contributed by atoms with Gasteiger partial charge in [-0.05, 0) is 37.1 Å². The molecule has 0 heterocycles. The fraction of sp³-hybridized carbons (Fsp3) is 0.211. The highest BCUT2D eigenvalue weighted by Gasteiger charge is 2.09. The predicted octanol–water partition coefficient (Wildman–Crippen LogP) is 3.71. The largest absolute Gasteiger partial charge is 0.325 e. The number of nitrogens with zero attached hydrogens (tertiary/aromatic N) is 1. The Morgan fingerprint density at radius 1 is 1.04 bits per heavy atom. The van der Waals surface area contributed by atoms with E-state index in [1.54, 1.807) is 25.1 Å². The first-order chi connectivity index (χ1) is 12.0. The van der Waals surface area contributed by atoms with Crippen LogP contribution in [-0.2, 0) is 16.0 Å². The lowest BCUT2D eigenvalue weighted by Crippen LogP contribution is -2.23. The molecule has 0 aliphatic rings. The molecule has 2 rings (SSSR count). The summed E-state index contributed by atoms with van der Waals surface area (Å²) in [6.45, 7) is 3.52. The molecule has 5 nitrogen and oxygen atoms in total. The molecular formula is C19H20ClN3O2. The Bertz CT molecular complexity index is 789. The van der Waals surface area contributed by atoms with Crippen molar-refractivity contribution >= 4 is 34.8 Å². The van der Waals surface area contributed by atoms with Gasteiger partial charge in [0.2, 0.25) is 11.8 Å². The van der Waals surface area contributed by atoms with Crippen LogP contribution < -0.4 is 10.7 Å². The van der Waals surface area contributed by atoms with Gasteiger partial charge in [0.15, 0.2) is 0 Å². The second kappa shape index (κ2) is 8.99. The van der Waals surface area contributed by atoms with E-state index in [2.05, 4.69) is 15.8 Å². The van der Waals surface area contributed by atoms with Crippen molar-refractivity contribution in [3.8, 4) is 0 Å². The molecular weight excluding hydrogens is 338 g/mol. The number of carbonyl (C=O) groups excluding carboxylic acids is 2. The maximum Gasteiger partial charge on any atom is 0.244 e. The minimum absolute atomic E-state index is 0.0809. The van der Waals surface area contributed by atoms with Crippen molar-refractivity contribution in [1.29, 1.82) is 0 Å². The van der Waals surface area contributed by atoms with E-state index in [-0.39, 0.29) is 24.7 Å². The highest BCUT2D eigenvalue weighted by Crippen LogP contribution is 2.22. The quantitative estimate of drug-likeness (QED) is 0.611. The van der Waals surface area contributed by atoms with Crippen LogP contribution in [0, 0.1) is 6.92 Å². The van der Waals surface area contributed by atoms with E-state index < -0.39 is 0 Å². The van der Waals surface area contributed by atoms with Gasteiger partial charge >= 0.3 is 0 Å². The molecule has 25 heavy (non-hydrogen) atoms. The van der Waals surface area contributed by atoms with E-state index in [1.165, 1.54) is 0 Å². The summed E-state index contributed by atoms with van der Waals surface area (Å²) < 4.78 is 0. The molecule has 0 unspecified atom stereocenters. The molecule has 0 radical (unpaired) electrons. The van der Waals surface area contributed by atoms with Gasteiger partial charge < -0.3 is 5.32 Å². The molecule has 2 amide bonds. The van der Waals surface area contributed by atoms with Gasteiger partial charge in [0, 0.05) is 16.4 Å². The summed E-state index contributed by atoms with van der Waals surface area (Å²) in [5, 5.41) is 7.36. The van der Waals surface area contributed by atoms with Crippen LogP contribution in [0.5, 0.6) is 0 Å². The number of nitrogens with one attached hydrogen (secondary N) is 2. The minimum Gasteiger partial charge on any atom is -0.325 e. The molecule has 0 saturated heterocycles. The van der Waals surface area contributed by atoms with Crippen LogP contribution in [0.4, 0.5) is 5.69 Å². The lowest BCUT2D eigenvalue weighted by atomic mass is 10.1. The zero-order valence-electron chi connectivity index (χ0n) is 14.2. The molecule has 6 heteroatoms. The molecule has 0 spiro atoms. The van der Waals surface area contributed by atoms with Crippen LogP contribution in [0.2, 0.25) is 5.02 Å². The number of hydrogen-bond donors (Lipinski definition) is 2. The molecule has 0 saturated carbocycles. The molecule has 0 fully saturated rings. The van der Waals surface area contributed by atoms with Gasteiger partial charge in [-0.1, -0.05) is 48.0 Å². The Labute approximate surface area is 152 Å². The van der Waals surface area contributed by atoms with Crippen molar-refractivity contribution in [2.24, 2.45) is 5.10 Å². The van der Waals surface area contributed by atoms with Crippen LogP contribution in [0.15, 0.2) is 53.6 Å². The maximum absolute atomic E-state index is 12.1. The van der Waals surface area contributed by atoms with Crippen LogP contribution in [0.25, 0.3) is 0 Å². The van der Waals surface area contributed by atoms with Gasteiger partial charge in [0.25, 0.3) is 0 Å². The number of benzene rings is 2. The van der Waals surface area contributed by atoms with Gasteiger partial charge in [0.1, 0.15) is 0 Å². The number of hydrogen-bond acceptors (Lipinski definition) is 3. The molecule has 2 aromatic carbocycles. The average Bonchev–Trinajstić information content (AvgIpc) is 2.58. The molecule has 0 atom stereocenters. The monoisotopic (exact) mass is 357 g/mol. The molecule has 2 aromatic rings. The number of rotatable bonds is 6. The lowest BCUT2D eigenvalue weighted by Gasteiger charge is -2.09. The Kier molecular flexibility index (Phi) is 6.71. The zero-order valence-corrected chi connectivity index (χ0v) is 14.9. The van der Waals surface area contributed by atoms with E-state index >= 15 is 0 Å². The standard InChI is InChI=1S/C19H20ClN3O2/c1-13(22-23-19(25)12-15-7-4-3-5-8-15)11-18(24)21-17-10-6-9-16(20)14(17)2/h3-10H,11-12H2,1-2H3,(H,21,24)(H,23,25)/b22-13-. The van der Waals surface area contributed by atoms with Gasteiger partial charge in [0.05, 0.1) is 12.8 Å². The smallest absolute Gasteiger partial charge is 0.244 e. The molecule has 2 N–H and O–H groups in total. The third-order valence-electron chi connectivity index (χ3n) is 3.54. The van der Waals surface area contributed by atoms with Gasteiger partial charge in [-0.2, -0.15) is 5.10 Å². The van der Waals surface area contributed by atoms with E-state index in [0.717, 1.165) is 11.1 Å². The SMILES string of the molecule is C/C(CC(=O)Nc1cccc(Cl)c1C)=N/NC(=O)Cc1ccccc1. The van der Waals surface area contributed by atoms with E-state index in [9.17, 15) is 9.59 Å². The first-order valence-electron chi connectivity index (χ1n) is 7.86. The number of carbonyl (C=O) groups is 2. The Hall–Kier alpha value is -2.66. The van der Waals surface area contributed by atoms with E-state index in [4.69, 9.17) is 11.6 Å². The van der Waals surface area contributed by atoms with Crippen molar-refractivity contribution in [2.45, 2.75) is 26.7 Å². The predicted molar refractivity (Wildman–Crippen MR) is 101 cm³/mol. The van der Waals surface area contributed by atoms with Crippen molar-refractivity contribution < 1.29 is 9.59 Å². The minimum atomic E-state index is -0.225. The number of halogens is 1. The molecule has 0 bridgehead atoms. The van der Waals surface area contributed by atoms with Crippen molar-refractivity contribution in [1.82, 2.24) is 5.43 Å². The molecule has 0 aliphatic carbocycles. The Balaban J connectivity index is 1.85. The molecule has 130 valence electrons. The Morgan fingerprint density at radius 3 is 2.48 bits per heavy atom. The van der Waals surface area contributed by atoms with Gasteiger partial charge in [-0.15, -0.1) is 0 Å². The number of anilines is 1. The summed E-state index contributed by atoms with van der Waals surface area (Å²) in [5.41, 5.74) is 5.36. The van der Waals surface area contributed by atoms with Crippen LogP contribution in [0.1, 0.15) is 24.5 Å². The van der Waals surface area contributed by atoms with Crippen LogP contribution >= 0.6 is 11.6 Å². The van der Waals surface area contributed by atoms with E-state index in [1.807, 2.05) is 37.3 Å². The summed E-state index contributed by atoms with van der Waals surface area (Å²) in [6.07, 6.45) is 0.323. The van der Waals surface area contributed by atoms with Crippen molar-refractivity contribution in [3.05, 3.63) is 64.7 Å². The summed E-state index contributed by atoms with van der Waals surface area (Å²) in [7, 11) is 0. The third kappa shape index (κ3) is 6.04. The maximum atomic E-state index is 12.1. The van der Waals surface area contributed by atoms with Gasteiger partial charge in [-0.25, -0.2) is 5.43 Å². The first kappa shape index (κ1) is 18.7. The number of hydrazone groups is 1. The summed E-state index contributed by atoms with van der Waals surface area (Å²) in [4.78, 5) is 23.9. The van der Waals surface area contributed by atoms with E-state index in [0.29, 0.717) is 16.4 Å². The summed E-state index contributed by atoms with van der Waals surface area (Å²) in [5.74, 6) is -0.444. The Morgan fingerprint density at radius 2 is 1.76 bits per heavy atom. The fourth-order valence-corrected chi connectivity index (χ4v) is 2.36. The zero-order chi connectivity index (χ0) is 18.2. The second-order valence-electron chi connectivity index (χ2n) is 5.68. The second-order valence-corrected chi connectivity index (χ2v) is 6.09. The summed E-state index contributed by atoms with van der Waals surface area (Å²) >= 11 is 6.03. The first-order valence-corrected chi connectivity index (χ1v) is 8.24. The van der Waals surface area contributed by atoms with Gasteiger partial charge in [-0.3, -0.25) is 9.59 Å². The van der Waals surface area contributed by atoms with Crippen LogP contribution in [0.3, 0.4) is 0 Å². The highest BCUT2D eigenvalue weighted by molar-refractivity contribution is 6.31. The topological polar surface area (TPSA) is 70.6 Å². The normalized spacial score (nSPS) is 11.1. The number of amides is 2. The highest BCUT2D eigenvalue weighted by atomic mass is 35.5. The average molecular weight is 358 g/mol. The third-order valence-corrected chi connectivity index (χ3v) is 3.95. The lowest BCUT2D eigenvalue weighted by molar-refractivity contribution is -0.120. The molecule has 0 aliphatic heterocycles. The fourth-order valence-electron chi connectivity index (χ4n) is 2.19. The van der Waals surface area contributed by atoms with Crippen LogP contribution in [-0.4, -0.2) is 17.5 Å². The van der Waals surface area contributed by atoms with Crippen molar-refractivity contribution in [2.75, 3.05) is 5.32 Å². The summed E-state index contributed by atoms with van der Waals surface area (Å²) in [6, 6.07) is 14.7. The van der Waals surface area contributed by atoms with Crippen molar-refractivity contribution in [3.63, 3.8) is 0 Å².